The molecular formula is C11H14F2N2O2. The van der Waals surface area contributed by atoms with Crippen molar-refractivity contribution in [3.05, 3.63) is 23.8 Å². The molecule has 0 radical (unpaired) electrons. The SMILES string of the molecule is CCOc1cc(C(=N)N)ccc1OCC(F)F. The van der Waals surface area contributed by atoms with E-state index in [2.05, 4.69) is 0 Å². The zero-order valence-corrected chi connectivity index (χ0v) is 9.37. The third-order valence-corrected chi connectivity index (χ3v) is 1.92. The minimum atomic E-state index is -2.54. The van der Waals surface area contributed by atoms with E-state index in [1.165, 1.54) is 18.2 Å². The fourth-order valence-electron chi connectivity index (χ4n) is 1.22. The summed E-state index contributed by atoms with van der Waals surface area (Å²) >= 11 is 0. The number of hydrogen-bond donors (Lipinski definition) is 2. The number of rotatable bonds is 6. The number of nitrogen functional groups attached to an aromatic ring is 1. The first kappa shape index (κ1) is 13.2. The van der Waals surface area contributed by atoms with E-state index in [1.54, 1.807) is 6.92 Å². The minimum absolute atomic E-state index is 0.119. The van der Waals surface area contributed by atoms with Crippen LogP contribution >= 0.6 is 0 Å². The molecule has 3 N–H and O–H groups in total. The third kappa shape index (κ3) is 3.90. The van der Waals surface area contributed by atoms with Gasteiger partial charge in [0.25, 0.3) is 6.43 Å². The van der Waals surface area contributed by atoms with Crippen LogP contribution in [-0.4, -0.2) is 25.5 Å². The minimum Gasteiger partial charge on any atom is -0.490 e. The molecule has 17 heavy (non-hydrogen) atoms. The Morgan fingerprint density at radius 2 is 2.06 bits per heavy atom. The van der Waals surface area contributed by atoms with Gasteiger partial charge in [0.1, 0.15) is 12.4 Å². The zero-order chi connectivity index (χ0) is 12.8. The van der Waals surface area contributed by atoms with Crippen molar-refractivity contribution in [2.75, 3.05) is 13.2 Å². The second kappa shape index (κ2) is 6.03. The summed E-state index contributed by atoms with van der Waals surface area (Å²) < 4.78 is 34.2. The van der Waals surface area contributed by atoms with Crippen molar-refractivity contribution in [3.63, 3.8) is 0 Å². The van der Waals surface area contributed by atoms with Crippen molar-refractivity contribution >= 4 is 5.84 Å². The maximum absolute atomic E-state index is 12.0. The van der Waals surface area contributed by atoms with Crippen LogP contribution in [0.4, 0.5) is 8.78 Å². The summed E-state index contributed by atoms with van der Waals surface area (Å²) in [7, 11) is 0. The van der Waals surface area contributed by atoms with Gasteiger partial charge in [0.05, 0.1) is 6.61 Å². The van der Waals surface area contributed by atoms with Crippen molar-refractivity contribution < 1.29 is 18.3 Å². The standard InChI is InChI=1S/C11H14F2N2O2/c1-2-16-9-5-7(11(14)15)3-4-8(9)17-6-10(12)13/h3-5,10H,2,6H2,1H3,(H3,14,15). The Kier molecular flexibility index (Phi) is 4.68. The molecule has 0 unspecified atom stereocenters. The van der Waals surface area contributed by atoms with E-state index in [4.69, 9.17) is 20.6 Å². The van der Waals surface area contributed by atoms with Gasteiger partial charge in [-0.05, 0) is 25.1 Å². The van der Waals surface area contributed by atoms with E-state index in [1.807, 2.05) is 0 Å². The van der Waals surface area contributed by atoms with Crippen LogP contribution in [0.25, 0.3) is 0 Å². The molecule has 0 aromatic heterocycles. The molecule has 1 rings (SSSR count). The molecule has 0 spiro atoms. The zero-order valence-electron chi connectivity index (χ0n) is 9.37. The number of benzene rings is 1. The van der Waals surface area contributed by atoms with Gasteiger partial charge in [0.2, 0.25) is 0 Å². The van der Waals surface area contributed by atoms with Crippen LogP contribution < -0.4 is 15.2 Å². The number of amidine groups is 1. The van der Waals surface area contributed by atoms with Crippen LogP contribution in [0.3, 0.4) is 0 Å². The first-order valence-corrected chi connectivity index (χ1v) is 5.06. The Morgan fingerprint density at radius 3 is 2.59 bits per heavy atom. The van der Waals surface area contributed by atoms with Crippen molar-refractivity contribution in [3.8, 4) is 11.5 Å². The lowest BCUT2D eigenvalue weighted by Crippen LogP contribution is -2.12. The summed E-state index contributed by atoms with van der Waals surface area (Å²) in [6, 6.07) is 4.47. The quantitative estimate of drug-likeness (QED) is 0.594. The monoisotopic (exact) mass is 244 g/mol. The highest BCUT2D eigenvalue weighted by Crippen LogP contribution is 2.28. The predicted molar refractivity (Wildman–Crippen MR) is 60.1 cm³/mol. The number of nitrogens with one attached hydrogen (secondary N) is 1. The average Bonchev–Trinajstić information content (AvgIpc) is 2.27. The van der Waals surface area contributed by atoms with E-state index >= 15 is 0 Å². The van der Waals surface area contributed by atoms with Crippen LogP contribution in [0.15, 0.2) is 18.2 Å². The third-order valence-electron chi connectivity index (χ3n) is 1.92. The Balaban J connectivity index is 2.91. The summed E-state index contributed by atoms with van der Waals surface area (Å²) in [5.41, 5.74) is 5.77. The van der Waals surface area contributed by atoms with Gasteiger partial charge in [-0.2, -0.15) is 0 Å². The van der Waals surface area contributed by atoms with Crippen molar-refractivity contribution in [2.24, 2.45) is 5.73 Å². The van der Waals surface area contributed by atoms with Crippen molar-refractivity contribution in [1.82, 2.24) is 0 Å². The molecule has 0 fully saturated rings. The fraction of sp³-hybridized carbons (Fsp3) is 0.364. The fourth-order valence-corrected chi connectivity index (χ4v) is 1.22. The molecule has 4 nitrogen and oxygen atoms in total. The number of hydrogen-bond acceptors (Lipinski definition) is 3. The molecule has 0 atom stereocenters. The lowest BCUT2D eigenvalue weighted by Gasteiger charge is -2.12. The summed E-state index contributed by atoms with van der Waals surface area (Å²) in [4.78, 5) is 0. The Hall–Kier alpha value is -1.85. The van der Waals surface area contributed by atoms with Crippen molar-refractivity contribution in [1.29, 1.82) is 5.41 Å². The van der Waals surface area contributed by atoms with Gasteiger partial charge in [-0.15, -0.1) is 0 Å². The van der Waals surface area contributed by atoms with E-state index in [0.717, 1.165) is 0 Å². The van der Waals surface area contributed by atoms with Crippen LogP contribution in [0, 0.1) is 5.41 Å². The van der Waals surface area contributed by atoms with Crippen LogP contribution in [0.5, 0.6) is 11.5 Å². The van der Waals surface area contributed by atoms with Gasteiger partial charge in [0, 0.05) is 5.56 Å². The number of halogens is 2. The highest BCUT2D eigenvalue weighted by Gasteiger charge is 2.10. The lowest BCUT2D eigenvalue weighted by atomic mass is 10.2. The second-order valence-corrected chi connectivity index (χ2v) is 3.21. The van der Waals surface area contributed by atoms with Gasteiger partial charge >= 0.3 is 0 Å². The van der Waals surface area contributed by atoms with E-state index in [-0.39, 0.29) is 11.6 Å². The molecule has 0 aliphatic carbocycles. The number of ether oxygens (including phenoxy) is 2. The Morgan fingerprint density at radius 1 is 1.35 bits per heavy atom. The molecule has 0 bridgehead atoms. The van der Waals surface area contributed by atoms with E-state index in [9.17, 15) is 8.78 Å². The largest absolute Gasteiger partial charge is 0.490 e. The summed E-state index contributed by atoms with van der Waals surface area (Å²) in [6.07, 6.45) is -2.54. The normalized spacial score (nSPS) is 10.4. The first-order chi connectivity index (χ1) is 8.04. The molecule has 0 aliphatic heterocycles. The highest BCUT2D eigenvalue weighted by atomic mass is 19.3. The van der Waals surface area contributed by atoms with Gasteiger partial charge in [-0.25, -0.2) is 8.78 Å². The highest BCUT2D eigenvalue weighted by molar-refractivity contribution is 5.95. The predicted octanol–water partition coefficient (Wildman–Crippen LogP) is 2.01. The van der Waals surface area contributed by atoms with Gasteiger partial charge in [-0.3, -0.25) is 5.41 Å². The Labute approximate surface area is 97.8 Å². The molecule has 1 aromatic carbocycles. The molecule has 94 valence electrons. The summed E-state index contributed by atoms with van der Waals surface area (Å²) in [5.74, 6) is 0.407. The summed E-state index contributed by atoms with van der Waals surface area (Å²) in [6.45, 7) is 1.43. The van der Waals surface area contributed by atoms with Crippen LogP contribution in [-0.2, 0) is 0 Å². The molecule has 0 heterocycles. The van der Waals surface area contributed by atoms with Gasteiger partial charge in [0.15, 0.2) is 11.5 Å². The molecule has 6 heteroatoms. The van der Waals surface area contributed by atoms with Gasteiger partial charge in [-0.1, -0.05) is 0 Å². The van der Waals surface area contributed by atoms with Crippen LogP contribution in [0.2, 0.25) is 0 Å². The maximum Gasteiger partial charge on any atom is 0.272 e. The van der Waals surface area contributed by atoms with E-state index < -0.39 is 13.0 Å². The summed E-state index contributed by atoms with van der Waals surface area (Å²) in [5, 5.41) is 7.27. The van der Waals surface area contributed by atoms with Gasteiger partial charge < -0.3 is 15.2 Å². The molecule has 0 aliphatic rings. The average molecular weight is 244 g/mol. The molecule has 0 amide bonds. The molecular weight excluding hydrogens is 230 g/mol. The number of nitrogens with two attached hydrogens (primary N) is 1. The first-order valence-electron chi connectivity index (χ1n) is 5.06. The topological polar surface area (TPSA) is 68.3 Å². The molecule has 0 saturated heterocycles. The molecule has 1 aromatic rings. The molecule has 0 saturated carbocycles. The van der Waals surface area contributed by atoms with E-state index in [0.29, 0.717) is 17.9 Å². The Bertz CT molecular complexity index is 397. The smallest absolute Gasteiger partial charge is 0.272 e. The number of alkyl halides is 2. The second-order valence-electron chi connectivity index (χ2n) is 3.21. The van der Waals surface area contributed by atoms with Crippen LogP contribution in [0.1, 0.15) is 12.5 Å². The maximum atomic E-state index is 12.0. The van der Waals surface area contributed by atoms with Crippen molar-refractivity contribution in [2.45, 2.75) is 13.3 Å². The lowest BCUT2D eigenvalue weighted by molar-refractivity contribution is 0.0801.